The maximum atomic E-state index is 5.91. The van der Waals surface area contributed by atoms with Gasteiger partial charge in [-0.25, -0.2) is 0 Å². The van der Waals surface area contributed by atoms with Crippen molar-refractivity contribution in [3.05, 3.63) is 23.2 Å². The first-order chi connectivity index (χ1) is 8.24. The van der Waals surface area contributed by atoms with Crippen LogP contribution in [0.5, 0.6) is 0 Å². The van der Waals surface area contributed by atoms with Crippen LogP contribution in [-0.2, 0) is 13.1 Å². The highest BCUT2D eigenvalue weighted by Gasteiger charge is 2.23. The lowest BCUT2D eigenvalue weighted by molar-refractivity contribution is 0.219. The topological polar surface area (TPSA) is 28.4 Å². The number of furan rings is 1. The van der Waals surface area contributed by atoms with Crippen LogP contribution < -0.4 is 5.32 Å². The summed E-state index contributed by atoms with van der Waals surface area (Å²) in [4.78, 5) is 2.56. The van der Waals surface area contributed by atoms with Crippen LogP contribution in [0.1, 0.15) is 43.3 Å². The van der Waals surface area contributed by atoms with Crippen LogP contribution in [0.4, 0.5) is 0 Å². The maximum absolute atomic E-state index is 5.91. The molecule has 0 saturated carbocycles. The second kappa shape index (κ2) is 5.69. The Labute approximate surface area is 104 Å². The molecule has 0 aromatic carbocycles. The molecule has 3 heteroatoms. The van der Waals surface area contributed by atoms with Gasteiger partial charge < -0.3 is 9.73 Å². The summed E-state index contributed by atoms with van der Waals surface area (Å²) in [6.07, 6.45) is 3.93. The first-order valence-corrected chi connectivity index (χ1v) is 6.71. The quantitative estimate of drug-likeness (QED) is 0.852. The molecule has 0 aliphatic carbocycles. The largest absolute Gasteiger partial charge is 0.463 e. The summed E-state index contributed by atoms with van der Waals surface area (Å²) in [5, 5.41) is 3.14. The Morgan fingerprint density at radius 3 is 3.06 bits per heavy atom. The molecule has 1 fully saturated rings. The second-order valence-corrected chi connectivity index (χ2v) is 5.02. The number of rotatable bonds is 5. The van der Waals surface area contributed by atoms with Gasteiger partial charge in [-0.2, -0.15) is 0 Å². The van der Waals surface area contributed by atoms with Crippen LogP contribution >= 0.6 is 0 Å². The Bertz CT molecular complexity index is 359. The van der Waals surface area contributed by atoms with Crippen LogP contribution in [-0.4, -0.2) is 24.5 Å². The van der Waals surface area contributed by atoms with Gasteiger partial charge >= 0.3 is 0 Å². The standard InChI is InChI=1S/C14H24N2O/c1-4-12-6-5-7-16(12)10-13-8-11(2)14(17-13)9-15-3/h8,12,15H,4-7,9-10H2,1-3H3. The Balaban J connectivity index is 2.00. The van der Waals surface area contributed by atoms with Gasteiger partial charge in [0.05, 0.1) is 13.1 Å². The van der Waals surface area contributed by atoms with E-state index < -0.39 is 0 Å². The molecule has 3 nitrogen and oxygen atoms in total. The van der Waals surface area contributed by atoms with Gasteiger partial charge in [0.1, 0.15) is 11.5 Å². The fraction of sp³-hybridized carbons (Fsp3) is 0.714. The van der Waals surface area contributed by atoms with E-state index in [1.807, 2.05) is 7.05 Å². The lowest BCUT2D eigenvalue weighted by Gasteiger charge is -2.21. The molecule has 0 spiro atoms. The molecule has 2 heterocycles. The molecule has 1 aliphatic rings. The number of aryl methyl sites for hydroxylation is 1. The molecule has 96 valence electrons. The smallest absolute Gasteiger partial charge is 0.120 e. The van der Waals surface area contributed by atoms with Gasteiger partial charge in [-0.3, -0.25) is 4.90 Å². The molecular formula is C14H24N2O. The molecule has 1 atom stereocenters. The lowest BCUT2D eigenvalue weighted by Crippen LogP contribution is -2.27. The van der Waals surface area contributed by atoms with Gasteiger partial charge in [-0.05, 0) is 51.4 Å². The molecule has 1 saturated heterocycles. The Morgan fingerprint density at radius 2 is 2.35 bits per heavy atom. The van der Waals surface area contributed by atoms with Crippen LogP contribution in [0.3, 0.4) is 0 Å². The van der Waals surface area contributed by atoms with Gasteiger partial charge in [-0.15, -0.1) is 0 Å². The van der Waals surface area contributed by atoms with Gasteiger partial charge in [0.25, 0.3) is 0 Å². The summed E-state index contributed by atoms with van der Waals surface area (Å²) >= 11 is 0. The number of hydrogen-bond acceptors (Lipinski definition) is 3. The lowest BCUT2D eigenvalue weighted by atomic mass is 10.1. The molecule has 1 unspecified atom stereocenters. The van der Waals surface area contributed by atoms with Crippen molar-refractivity contribution in [2.75, 3.05) is 13.6 Å². The third kappa shape index (κ3) is 2.90. The number of nitrogens with zero attached hydrogens (tertiary/aromatic N) is 1. The van der Waals surface area contributed by atoms with E-state index in [0.29, 0.717) is 0 Å². The van der Waals surface area contributed by atoms with E-state index in [2.05, 4.69) is 30.1 Å². The summed E-state index contributed by atoms with van der Waals surface area (Å²) in [7, 11) is 1.95. The van der Waals surface area contributed by atoms with E-state index in [4.69, 9.17) is 4.42 Å². The predicted octanol–water partition coefficient (Wildman–Crippen LogP) is 2.68. The van der Waals surface area contributed by atoms with Crippen molar-refractivity contribution in [2.45, 2.75) is 52.2 Å². The fourth-order valence-corrected chi connectivity index (χ4v) is 2.77. The van der Waals surface area contributed by atoms with E-state index in [0.717, 1.165) is 30.7 Å². The molecule has 17 heavy (non-hydrogen) atoms. The number of hydrogen-bond donors (Lipinski definition) is 1. The van der Waals surface area contributed by atoms with Crippen molar-refractivity contribution in [2.24, 2.45) is 0 Å². The highest BCUT2D eigenvalue weighted by molar-refractivity contribution is 5.20. The molecule has 1 N–H and O–H groups in total. The van der Waals surface area contributed by atoms with Crippen molar-refractivity contribution < 1.29 is 4.42 Å². The fourth-order valence-electron chi connectivity index (χ4n) is 2.77. The SMILES string of the molecule is CCC1CCCN1Cc1cc(C)c(CNC)o1. The van der Waals surface area contributed by atoms with E-state index >= 15 is 0 Å². The second-order valence-electron chi connectivity index (χ2n) is 5.02. The Kier molecular flexibility index (Phi) is 4.24. The average Bonchev–Trinajstić information content (AvgIpc) is 2.87. The van der Waals surface area contributed by atoms with Gasteiger partial charge in [0.15, 0.2) is 0 Å². The zero-order valence-corrected chi connectivity index (χ0v) is 11.3. The minimum absolute atomic E-state index is 0.758. The normalized spacial score (nSPS) is 21.2. The number of nitrogens with one attached hydrogen (secondary N) is 1. The van der Waals surface area contributed by atoms with E-state index in [9.17, 15) is 0 Å². The van der Waals surface area contributed by atoms with Crippen molar-refractivity contribution in [1.82, 2.24) is 10.2 Å². The van der Waals surface area contributed by atoms with Crippen LogP contribution in [0, 0.1) is 6.92 Å². The zero-order chi connectivity index (χ0) is 12.3. The minimum Gasteiger partial charge on any atom is -0.463 e. The van der Waals surface area contributed by atoms with Crippen molar-refractivity contribution in [1.29, 1.82) is 0 Å². The van der Waals surface area contributed by atoms with E-state index in [-0.39, 0.29) is 0 Å². The van der Waals surface area contributed by atoms with Crippen LogP contribution in [0.15, 0.2) is 10.5 Å². The molecule has 1 aliphatic heterocycles. The summed E-state index contributed by atoms with van der Waals surface area (Å²) < 4.78 is 5.91. The summed E-state index contributed by atoms with van der Waals surface area (Å²) in [6.45, 7) is 7.43. The predicted molar refractivity (Wildman–Crippen MR) is 69.9 cm³/mol. The monoisotopic (exact) mass is 236 g/mol. The first-order valence-electron chi connectivity index (χ1n) is 6.71. The third-order valence-corrected chi connectivity index (χ3v) is 3.74. The molecule has 0 amide bonds. The molecule has 1 aromatic rings. The first kappa shape index (κ1) is 12.7. The molecule has 1 aromatic heterocycles. The third-order valence-electron chi connectivity index (χ3n) is 3.74. The van der Waals surface area contributed by atoms with E-state index in [1.165, 1.54) is 31.4 Å². The number of likely N-dealkylation sites (tertiary alicyclic amines) is 1. The van der Waals surface area contributed by atoms with Crippen molar-refractivity contribution in [3.63, 3.8) is 0 Å². The summed E-state index contributed by atoms with van der Waals surface area (Å²) in [6, 6.07) is 2.95. The Morgan fingerprint density at radius 1 is 1.53 bits per heavy atom. The highest BCUT2D eigenvalue weighted by Crippen LogP contribution is 2.24. The molecule has 0 radical (unpaired) electrons. The molecule has 2 rings (SSSR count). The molecular weight excluding hydrogens is 212 g/mol. The van der Waals surface area contributed by atoms with E-state index in [1.54, 1.807) is 0 Å². The van der Waals surface area contributed by atoms with Gasteiger partial charge in [0, 0.05) is 6.04 Å². The average molecular weight is 236 g/mol. The maximum Gasteiger partial charge on any atom is 0.120 e. The van der Waals surface area contributed by atoms with Crippen molar-refractivity contribution in [3.8, 4) is 0 Å². The van der Waals surface area contributed by atoms with Crippen molar-refractivity contribution >= 4 is 0 Å². The Hall–Kier alpha value is -0.800. The summed E-state index contributed by atoms with van der Waals surface area (Å²) in [5.74, 6) is 2.20. The summed E-state index contributed by atoms with van der Waals surface area (Å²) in [5.41, 5.74) is 1.27. The zero-order valence-electron chi connectivity index (χ0n) is 11.3. The minimum atomic E-state index is 0.758. The van der Waals surface area contributed by atoms with Crippen LogP contribution in [0.25, 0.3) is 0 Å². The molecule has 0 bridgehead atoms. The highest BCUT2D eigenvalue weighted by atomic mass is 16.3. The van der Waals surface area contributed by atoms with Gasteiger partial charge in [-0.1, -0.05) is 6.92 Å². The van der Waals surface area contributed by atoms with Crippen LogP contribution in [0.2, 0.25) is 0 Å². The van der Waals surface area contributed by atoms with Gasteiger partial charge in [0.2, 0.25) is 0 Å².